The lowest BCUT2D eigenvalue weighted by molar-refractivity contribution is -0.153. The van der Waals surface area contributed by atoms with E-state index in [0.717, 1.165) is 0 Å². The molecule has 8 nitrogen and oxygen atoms in total. The van der Waals surface area contributed by atoms with Crippen molar-refractivity contribution in [3.8, 4) is 6.07 Å². The van der Waals surface area contributed by atoms with Gasteiger partial charge in [0.25, 0.3) is 11.8 Å². The fraction of sp³-hybridized carbons (Fsp3) is 0.222. The van der Waals surface area contributed by atoms with Crippen LogP contribution in [0.15, 0.2) is 47.1 Å². The van der Waals surface area contributed by atoms with Crippen LogP contribution < -0.4 is 10.6 Å². The summed E-state index contributed by atoms with van der Waals surface area (Å²) in [5, 5.41) is 13.8. The Morgan fingerprint density at radius 1 is 1.23 bits per heavy atom. The number of nitriles is 1. The van der Waals surface area contributed by atoms with Gasteiger partial charge in [0.2, 0.25) is 0 Å². The maximum absolute atomic E-state index is 12.0. The fourth-order valence-electron chi connectivity index (χ4n) is 1.95. The second kappa shape index (κ2) is 9.03. The van der Waals surface area contributed by atoms with Gasteiger partial charge in [-0.05, 0) is 43.3 Å². The van der Waals surface area contributed by atoms with Gasteiger partial charge in [0.05, 0.1) is 24.3 Å². The number of hydrogen-bond acceptors (Lipinski definition) is 6. The Morgan fingerprint density at radius 2 is 1.96 bits per heavy atom. The largest absolute Gasteiger partial charge is 0.459 e. The smallest absolute Gasteiger partial charge is 0.308 e. The molecule has 0 radical (unpaired) electrons. The van der Waals surface area contributed by atoms with Crippen molar-refractivity contribution in [2.75, 3.05) is 11.9 Å². The monoisotopic (exact) mass is 355 g/mol. The molecule has 1 atom stereocenters. The van der Waals surface area contributed by atoms with Crippen molar-refractivity contribution >= 4 is 23.5 Å². The van der Waals surface area contributed by atoms with Crippen LogP contribution in [0.5, 0.6) is 0 Å². The van der Waals surface area contributed by atoms with E-state index in [9.17, 15) is 14.4 Å². The molecule has 0 aliphatic rings. The number of amides is 2. The van der Waals surface area contributed by atoms with Crippen molar-refractivity contribution < 1.29 is 23.5 Å². The number of ether oxygens (including phenoxy) is 1. The molecule has 134 valence electrons. The molecule has 8 heteroatoms. The summed E-state index contributed by atoms with van der Waals surface area (Å²) in [6.45, 7) is 1.50. The second-order valence-electron chi connectivity index (χ2n) is 5.29. The Hall–Kier alpha value is -3.60. The highest BCUT2D eigenvalue weighted by molar-refractivity contribution is 5.95. The van der Waals surface area contributed by atoms with E-state index in [4.69, 9.17) is 14.4 Å². The molecule has 2 N–H and O–H groups in total. The molecule has 1 heterocycles. The molecule has 1 aromatic heterocycles. The van der Waals surface area contributed by atoms with E-state index in [2.05, 4.69) is 10.6 Å². The molecule has 2 amide bonds. The summed E-state index contributed by atoms with van der Waals surface area (Å²) < 4.78 is 9.94. The van der Waals surface area contributed by atoms with Crippen molar-refractivity contribution in [2.24, 2.45) is 0 Å². The van der Waals surface area contributed by atoms with Gasteiger partial charge < -0.3 is 19.8 Å². The number of carbonyl (C=O) groups excluding carboxylic acids is 3. The average Bonchev–Trinajstić information content (AvgIpc) is 3.17. The minimum absolute atomic E-state index is 0.0579. The van der Waals surface area contributed by atoms with Crippen molar-refractivity contribution in [1.29, 1.82) is 5.26 Å². The topological polar surface area (TPSA) is 121 Å². The standard InChI is InChI=1S/C18H17N3O5/c1-12(17(23)21-14-6-4-13(11-19)5-7-14)26-16(22)8-9-20-18(24)15-3-2-10-25-15/h2-7,10,12H,8-9H2,1H3,(H,20,24)(H,21,23)/t12-/m1/s1. The van der Waals surface area contributed by atoms with Crippen LogP contribution in [0.4, 0.5) is 5.69 Å². The van der Waals surface area contributed by atoms with E-state index in [-0.39, 0.29) is 18.7 Å². The SMILES string of the molecule is C[C@@H](OC(=O)CCNC(=O)c1ccco1)C(=O)Nc1ccc(C#N)cc1. The number of nitrogens with one attached hydrogen (secondary N) is 2. The van der Waals surface area contributed by atoms with Crippen LogP contribution in [-0.2, 0) is 14.3 Å². The maximum atomic E-state index is 12.0. The minimum Gasteiger partial charge on any atom is -0.459 e. The number of anilines is 1. The second-order valence-corrected chi connectivity index (χ2v) is 5.29. The van der Waals surface area contributed by atoms with E-state index in [1.165, 1.54) is 19.3 Å². The van der Waals surface area contributed by atoms with E-state index in [0.29, 0.717) is 11.3 Å². The van der Waals surface area contributed by atoms with Crippen LogP contribution in [0.25, 0.3) is 0 Å². The van der Waals surface area contributed by atoms with Crippen molar-refractivity contribution in [3.63, 3.8) is 0 Å². The number of rotatable bonds is 7. The maximum Gasteiger partial charge on any atom is 0.308 e. The number of furan rings is 1. The Balaban J connectivity index is 1.72. The minimum atomic E-state index is -1.00. The van der Waals surface area contributed by atoms with Crippen LogP contribution in [0.3, 0.4) is 0 Å². The molecule has 0 bridgehead atoms. The van der Waals surface area contributed by atoms with Crippen molar-refractivity contribution in [1.82, 2.24) is 5.32 Å². The summed E-state index contributed by atoms with van der Waals surface area (Å²) >= 11 is 0. The Bertz CT molecular complexity index is 806. The summed E-state index contributed by atoms with van der Waals surface area (Å²) in [6.07, 6.45) is 0.289. The fourth-order valence-corrected chi connectivity index (χ4v) is 1.95. The number of benzene rings is 1. The quantitative estimate of drug-likeness (QED) is 0.731. The van der Waals surface area contributed by atoms with Gasteiger partial charge in [0, 0.05) is 12.2 Å². The molecule has 0 aliphatic carbocycles. The highest BCUT2D eigenvalue weighted by Crippen LogP contribution is 2.10. The van der Waals surface area contributed by atoms with Gasteiger partial charge >= 0.3 is 5.97 Å². The number of esters is 1. The third-order valence-corrected chi connectivity index (χ3v) is 3.32. The lowest BCUT2D eigenvalue weighted by Gasteiger charge is -2.13. The summed E-state index contributed by atoms with van der Waals surface area (Å²) in [4.78, 5) is 35.4. The molecule has 1 aromatic carbocycles. The molecule has 2 rings (SSSR count). The number of carbonyl (C=O) groups is 3. The molecule has 0 unspecified atom stereocenters. The van der Waals surface area contributed by atoms with Gasteiger partial charge in [-0.25, -0.2) is 0 Å². The molecule has 0 saturated heterocycles. The lowest BCUT2D eigenvalue weighted by Crippen LogP contribution is -2.32. The normalized spacial score (nSPS) is 11.1. The molecular weight excluding hydrogens is 338 g/mol. The van der Waals surface area contributed by atoms with E-state index < -0.39 is 23.9 Å². The summed E-state index contributed by atoms with van der Waals surface area (Å²) in [6, 6.07) is 11.3. The first-order valence-electron chi connectivity index (χ1n) is 7.82. The predicted octanol–water partition coefficient (Wildman–Crippen LogP) is 1.84. The molecule has 26 heavy (non-hydrogen) atoms. The highest BCUT2D eigenvalue weighted by atomic mass is 16.5. The van der Waals surface area contributed by atoms with Crippen molar-refractivity contribution in [3.05, 3.63) is 54.0 Å². The first kappa shape index (κ1) is 18.7. The molecule has 0 fully saturated rings. The highest BCUT2D eigenvalue weighted by Gasteiger charge is 2.18. The zero-order chi connectivity index (χ0) is 18.9. The Morgan fingerprint density at radius 3 is 2.58 bits per heavy atom. The van der Waals surface area contributed by atoms with E-state index in [1.54, 1.807) is 30.3 Å². The zero-order valence-corrected chi connectivity index (χ0v) is 14.0. The predicted molar refractivity (Wildman–Crippen MR) is 91.0 cm³/mol. The third-order valence-electron chi connectivity index (χ3n) is 3.32. The van der Waals surface area contributed by atoms with Crippen LogP contribution in [0.2, 0.25) is 0 Å². The van der Waals surface area contributed by atoms with E-state index >= 15 is 0 Å². The summed E-state index contributed by atoms with van der Waals surface area (Å²) in [5.41, 5.74) is 0.960. The van der Waals surface area contributed by atoms with Crippen molar-refractivity contribution in [2.45, 2.75) is 19.4 Å². The molecule has 0 saturated carbocycles. The third kappa shape index (κ3) is 5.49. The molecule has 0 spiro atoms. The Kier molecular flexibility index (Phi) is 6.51. The van der Waals surface area contributed by atoms with Gasteiger partial charge in [-0.3, -0.25) is 14.4 Å². The van der Waals surface area contributed by atoms with Crippen LogP contribution in [-0.4, -0.2) is 30.4 Å². The average molecular weight is 355 g/mol. The zero-order valence-electron chi connectivity index (χ0n) is 14.0. The van der Waals surface area contributed by atoms with Crippen LogP contribution in [0, 0.1) is 11.3 Å². The van der Waals surface area contributed by atoms with Gasteiger partial charge in [0.15, 0.2) is 11.9 Å². The first-order valence-corrected chi connectivity index (χ1v) is 7.82. The first-order chi connectivity index (χ1) is 12.5. The van der Waals surface area contributed by atoms with E-state index in [1.807, 2.05) is 6.07 Å². The number of nitrogens with zero attached hydrogens (tertiary/aromatic N) is 1. The lowest BCUT2D eigenvalue weighted by atomic mass is 10.2. The Labute approximate surface area is 149 Å². The summed E-state index contributed by atoms with van der Waals surface area (Å²) in [5.74, 6) is -1.40. The van der Waals surface area contributed by atoms with Gasteiger partial charge in [-0.15, -0.1) is 0 Å². The number of hydrogen-bond donors (Lipinski definition) is 2. The molecule has 0 aliphatic heterocycles. The van der Waals surface area contributed by atoms with Gasteiger partial charge in [-0.2, -0.15) is 5.26 Å². The summed E-state index contributed by atoms with van der Waals surface area (Å²) in [7, 11) is 0. The van der Waals surface area contributed by atoms with Gasteiger partial charge in [-0.1, -0.05) is 0 Å². The molecule has 2 aromatic rings. The van der Waals surface area contributed by atoms with Gasteiger partial charge in [0.1, 0.15) is 0 Å². The molecular formula is C18H17N3O5. The van der Waals surface area contributed by atoms with Crippen LogP contribution in [0.1, 0.15) is 29.5 Å². The van der Waals surface area contributed by atoms with Crippen LogP contribution >= 0.6 is 0 Å².